The van der Waals surface area contributed by atoms with Crippen molar-refractivity contribution in [2.45, 2.75) is 6.54 Å². The fraction of sp³-hybridized carbons (Fsp3) is 0.167. The molecule has 3 rings (SSSR count). The molecule has 20 heavy (non-hydrogen) atoms. The van der Waals surface area contributed by atoms with Gasteiger partial charge in [-0.05, 0) is 34.0 Å². The smallest absolute Gasteiger partial charge is 0.241 e. The summed E-state index contributed by atoms with van der Waals surface area (Å²) in [6, 6.07) is 2.07. The van der Waals surface area contributed by atoms with Gasteiger partial charge < -0.3 is 4.90 Å². The van der Waals surface area contributed by atoms with Crippen LogP contribution in [0, 0.1) is 0 Å². The van der Waals surface area contributed by atoms with Crippen LogP contribution >= 0.6 is 22.9 Å². The van der Waals surface area contributed by atoms with Crippen molar-refractivity contribution in [1.82, 2.24) is 24.5 Å². The molecule has 6 nitrogen and oxygen atoms in total. The molecule has 0 bridgehead atoms. The van der Waals surface area contributed by atoms with E-state index in [1.54, 1.807) is 34.6 Å². The second-order valence-corrected chi connectivity index (χ2v) is 5.28. The molecule has 0 unspecified atom stereocenters. The maximum atomic E-state index is 5.97. The van der Waals surface area contributed by atoms with E-state index in [2.05, 4.69) is 31.4 Å². The monoisotopic (exact) mass is 306 g/mol. The fourth-order valence-electron chi connectivity index (χ4n) is 1.72. The van der Waals surface area contributed by atoms with E-state index in [9.17, 15) is 0 Å². The summed E-state index contributed by atoms with van der Waals surface area (Å²) in [5.41, 5.74) is 1.21. The SMILES string of the molecule is CN(Cc1ccsc1)c1nc(Cl)nc(-n2ccnc2)n1. The number of rotatable bonds is 4. The van der Waals surface area contributed by atoms with E-state index >= 15 is 0 Å². The standard InChI is InChI=1S/C12H11ClN6S/c1-18(6-9-2-5-20-7-9)11-15-10(13)16-12(17-11)19-4-3-14-8-19/h2-5,7-8H,6H2,1H3. The van der Waals surface area contributed by atoms with E-state index < -0.39 is 0 Å². The highest BCUT2D eigenvalue weighted by molar-refractivity contribution is 7.07. The minimum Gasteiger partial charge on any atom is -0.339 e. The van der Waals surface area contributed by atoms with E-state index in [4.69, 9.17) is 11.6 Å². The fourth-order valence-corrected chi connectivity index (χ4v) is 2.53. The molecule has 0 radical (unpaired) electrons. The van der Waals surface area contributed by atoms with Crippen LogP contribution in [0.5, 0.6) is 0 Å². The maximum Gasteiger partial charge on any atom is 0.241 e. The van der Waals surface area contributed by atoms with Gasteiger partial charge in [-0.1, -0.05) is 0 Å². The third kappa shape index (κ3) is 2.78. The van der Waals surface area contributed by atoms with Crippen LogP contribution in [0.25, 0.3) is 5.95 Å². The molecular weight excluding hydrogens is 296 g/mol. The molecule has 0 aromatic carbocycles. The zero-order chi connectivity index (χ0) is 13.9. The van der Waals surface area contributed by atoms with E-state index in [0.717, 1.165) is 0 Å². The second-order valence-electron chi connectivity index (χ2n) is 4.16. The highest BCUT2D eigenvalue weighted by Gasteiger charge is 2.11. The van der Waals surface area contributed by atoms with E-state index in [0.29, 0.717) is 18.4 Å². The van der Waals surface area contributed by atoms with Crippen molar-refractivity contribution in [3.05, 3.63) is 46.4 Å². The molecule has 0 aliphatic heterocycles. The molecule has 3 aromatic rings. The highest BCUT2D eigenvalue weighted by Crippen LogP contribution is 2.16. The summed E-state index contributed by atoms with van der Waals surface area (Å²) in [6.07, 6.45) is 5.04. The van der Waals surface area contributed by atoms with Crippen molar-refractivity contribution in [2.75, 3.05) is 11.9 Å². The van der Waals surface area contributed by atoms with Gasteiger partial charge in [-0.15, -0.1) is 0 Å². The van der Waals surface area contributed by atoms with Gasteiger partial charge in [0, 0.05) is 26.0 Å². The Balaban J connectivity index is 1.89. The van der Waals surface area contributed by atoms with Crippen LogP contribution in [0.4, 0.5) is 5.95 Å². The third-order valence-electron chi connectivity index (χ3n) is 2.66. The van der Waals surface area contributed by atoms with Crippen molar-refractivity contribution in [1.29, 1.82) is 0 Å². The summed E-state index contributed by atoms with van der Waals surface area (Å²) < 4.78 is 1.69. The zero-order valence-electron chi connectivity index (χ0n) is 10.6. The molecule has 0 N–H and O–H groups in total. The maximum absolute atomic E-state index is 5.97. The number of halogens is 1. The molecule has 0 aliphatic rings. The van der Waals surface area contributed by atoms with Gasteiger partial charge in [-0.2, -0.15) is 26.3 Å². The van der Waals surface area contributed by atoms with Crippen LogP contribution < -0.4 is 4.90 Å². The first-order chi connectivity index (χ1) is 9.72. The van der Waals surface area contributed by atoms with Crippen LogP contribution in [-0.2, 0) is 6.54 Å². The molecule has 0 spiro atoms. The molecule has 0 amide bonds. The summed E-state index contributed by atoms with van der Waals surface area (Å²) in [5.74, 6) is 0.981. The molecule has 0 aliphatic carbocycles. The zero-order valence-corrected chi connectivity index (χ0v) is 12.2. The molecule has 3 heterocycles. The highest BCUT2D eigenvalue weighted by atomic mass is 35.5. The molecule has 0 atom stereocenters. The van der Waals surface area contributed by atoms with Crippen molar-refractivity contribution in [2.24, 2.45) is 0 Å². The Morgan fingerprint density at radius 2 is 2.25 bits per heavy atom. The van der Waals surface area contributed by atoms with Gasteiger partial charge in [0.05, 0.1) is 0 Å². The number of aromatic nitrogens is 5. The van der Waals surface area contributed by atoms with Crippen molar-refractivity contribution < 1.29 is 0 Å². The molecule has 3 aromatic heterocycles. The summed E-state index contributed by atoms with van der Waals surface area (Å²) >= 11 is 7.64. The molecule has 0 fully saturated rings. The first kappa shape index (κ1) is 13.0. The minimum absolute atomic E-state index is 0.163. The van der Waals surface area contributed by atoms with Crippen LogP contribution in [0.1, 0.15) is 5.56 Å². The average molecular weight is 307 g/mol. The molecular formula is C12H11ClN6S. The Labute approximate surface area is 124 Å². The summed E-state index contributed by atoms with van der Waals surface area (Å²) in [4.78, 5) is 18.6. The lowest BCUT2D eigenvalue weighted by Crippen LogP contribution is -2.20. The van der Waals surface area contributed by atoms with Gasteiger partial charge >= 0.3 is 0 Å². The molecule has 0 saturated heterocycles. The quantitative estimate of drug-likeness (QED) is 0.741. The number of hydrogen-bond acceptors (Lipinski definition) is 6. The van der Waals surface area contributed by atoms with Crippen molar-refractivity contribution in [3.63, 3.8) is 0 Å². The van der Waals surface area contributed by atoms with Crippen LogP contribution in [0.3, 0.4) is 0 Å². The van der Waals surface area contributed by atoms with E-state index in [-0.39, 0.29) is 5.28 Å². The van der Waals surface area contributed by atoms with Crippen LogP contribution in [0.2, 0.25) is 5.28 Å². The van der Waals surface area contributed by atoms with Gasteiger partial charge in [-0.3, -0.25) is 4.57 Å². The Kier molecular flexibility index (Phi) is 3.62. The largest absolute Gasteiger partial charge is 0.339 e. The molecule has 102 valence electrons. The Morgan fingerprint density at radius 3 is 2.95 bits per heavy atom. The van der Waals surface area contributed by atoms with E-state index in [1.807, 2.05) is 17.3 Å². The number of imidazole rings is 1. The minimum atomic E-state index is 0.163. The van der Waals surface area contributed by atoms with Crippen molar-refractivity contribution >= 4 is 28.9 Å². The predicted octanol–water partition coefficient (Wildman–Crippen LogP) is 2.41. The van der Waals surface area contributed by atoms with Gasteiger partial charge in [0.15, 0.2) is 0 Å². The summed E-state index contributed by atoms with van der Waals surface area (Å²) in [5, 5.41) is 4.30. The average Bonchev–Trinajstić information content (AvgIpc) is 3.11. The Hall–Kier alpha value is -1.99. The molecule has 0 saturated carbocycles. The summed E-state index contributed by atoms with van der Waals surface area (Å²) in [6.45, 7) is 0.715. The predicted molar refractivity (Wildman–Crippen MR) is 78.4 cm³/mol. The lowest BCUT2D eigenvalue weighted by atomic mass is 10.3. The van der Waals surface area contributed by atoms with E-state index in [1.165, 1.54) is 5.56 Å². The van der Waals surface area contributed by atoms with Crippen LogP contribution in [0.15, 0.2) is 35.5 Å². The first-order valence-corrected chi connectivity index (χ1v) is 7.16. The van der Waals surface area contributed by atoms with Gasteiger partial charge in [-0.25, -0.2) is 4.98 Å². The molecule has 8 heteroatoms. The first-order valence-electron chi connectivity index (χ1n) is 5.84. The number of nitrogens with zero attached hydrogens (tertiary/aromatic N) is 6. The van der Waals surface area contributed by atoms with Crippen LogP contribution in [-0.4, -0.2) is 31.6 Å². The third-order valence-corrected chi connectivity index (χ3v) is 3.56. The number of thiophene rings is 1. The van der Waals surface area contributed by atoms with Crippen molar-refractivity contribution in [3.8, 4) is 5.95 Å². The van der Waals surface area contributed by atoms with Gasteiger partial charge in [0.25, 0.3) is 0 Å². The number of hydrogen-bond donors (Lipinski definition) is 0. The topological polar surface area (TPSA) is 59.7 Å². The Bertz CT molecular complexity index is 682. The second kappa shape index (κ2) is 5.56. The van der Waals surface area contributed by atoms with Gasteiger partial charge in [0.2, 0.25) is 17.2 Å². The van der Waals surface area contributed by atoms with Gasteiger partial charge in [0.1, 0.15) is 6.33 Å². The lowest BCUT2D eigenvalue weighted by molar-refractivity contribution is 0.823. The normalized spacial score (nSPS) is 10.7. The lowest BCUT2D eigenvalue weighted by Gasteiger charge is -2.16. The Morgan fingerprint density at radius 1 is 1.35 bits per heavy atom. The summed E-state index contributed by atoms with van der Waals surface area (Å²) in [7, 11) is 1.92. The number of anilines is 1.